The third kappa shape index (κ3) is 4.39. The molecule has 2 rings (SSSR count). The molecule has 0 atom stereocenters. The summed E-state index contributed by atoms with van der Waals surface area (Å²) in [4.78, 5) is 18.4. The first-order valence-electron chi connectivity index (χ1n) is 6.79. The van der Waals surface area contributed by atoms with E-state index in [1.165, 1.54) is 0 Å². The highest BCUT2D eigenvalue weighted by molar-refractivity contribution is 5.61. The Bertz CT molecular complexity index is 725. The van der Waals surface area contributed by atoms with Crippen molar-refractivity contribution in [3.63, 3.8) is 0 Å². The van der Waals surface area contributed by atoms with Gasteiger partial charge in [0.2, 0.25) is 11.8 Å². The van der Waals surface area contributed by atoms with Crippen molar-refractivity contribution in [2.45, 2.75) is 6.42 Å². The molecule has 0 aliphatic rings. The lowest BCUT2D eigenvalue weighted by Crippen LogP contribution is -2.07. The standard InChI is InChI=1S/C15H15N5O3/c1-2-8-16-14-13(20(22)23)10-17-15(19-14)18-12-5-3-11(4-6-12)7-9-21/h1,3-6,10,21H,7-9H2,(H2,16,17,18,19). The SMILES string of the molecule is C#CCNc1nc(Nc2ccc(CCO)cc2)ncc1[N+](=O)[O-]. The van der Waals surface area contributed by atoms with E-state index in [2.05, 4.69) is 26.5 Å². The predicted octanol–water partition coefficient (Wildman–Crippen LogP) is 1.71. The lowest BCUT2D eigenvalue weighted by Gasteiger charge is -2.08. The minimum Gasteiger partial charge on any atom is -0.396 e. The van der Waals surface area contributed by atoms with Crippen LogP contribution in [-0.4, -0.2) is 33.1 Å². The number of aliphatic hydroxyl groups is 1. The minimum absolute atomic E-state index is 0.0577. The van der Waals surface area contributed by atoms with Crippen molar-refractivity contribution in [1.82, 2.24) is 9.97 Å². The second kappa shape index (κ2) is 7.72. The van der Waals surface area contributed by atoms with E-state index in [1.807, 2.05) is 24.3 Å². The molecule has 0 unspecified atom stereocenters. The quantitative estimate of drug-likeness (QED) is 0.405. The van der Waals surface area contributed by atoms with Gasteiger partial charge in [-0.2, -0.15) is 4.98 Å². The number of benzene rings is 1. The Hall–Kier alpha value is -3.18. The van der Waals surface area contributed by atoms with Crippen LogP contribution in [-0.2, 0) is 6.42 Å². The molecule has 8 nitrogen and oxygen atoms in total. The molecule has 1 aromatic heterocycles. The van der Waals surface area contributed by atoms with Gasteiger partial charge in [0, 0.05) is 12.3 Å². The van der Waals surface area contributed by atoms with E-state index >= 15 is 0 Å². The van der Waals surface area contributed by atoms with Crippen LogP contribution in [0.25, 0.3) is 0 Å². The maximum Gasteiger partial charge on any atom is 0.329 e. The Morgan fingerprint density at radius 2 is 2.09 bits per heavy atom. The van der Waals surface area contributed by atoms with Gasteiger partial charge >= 0.3 is 5.69 Å². The topological polar surface area (TPSA) is 113 Å². The van der Waals surface area contributed by atoms with Crippen molar-refractivity contribution in [2.24, 2.45) is 0 Å². The summed E-state index contributed by atoms with van der Waals surface area (Å²) in [6.45, 7) is 0.204. The molecule has 23 heavy (non-hydrogen) atoms. The number of aromatic nitrogens is 2. The second-order valence-electron chi connectivity index (χ2n) is 4.54. The van der Waals surface area contributed by atoms with Crippen LogP contribution in [0.1, 0.15) is 5.56 Å². The number of nitrogens with zero attached hydrogens (tertiary/aromatic N) is 3. The Kier molecular flexibility index (Phi) is 5.44. The van der Waals surface area contributed by atoms with Gasteiger partial charge in [-0.3, -0.25) is 10.1 Å². The Labute approximate surface area is 132 Å². The van der Waals surface area contributed by atoms with E-state index in [-0.39, 0.29) is 30.6 Å². The zero-order valence-electron chi connectivity index (χ0n) is 12.2. The van der Waals surface area contributed by atoms with E-state index in [1.54, 1.807) is 0 Å². The fourth-order valence-corrected chi connectivity index (χ4v) is 1.85. The van der Waals surface area contributed by atoms with Crippen molar-refractivity contribution >= 4 is 23.1 Å². The molecule has 0 saturated carbocycles. The van der Waals surface area contributed by atoms with Gasteiger partial charge in [-0.1, -0.05) is 18.1 Å². The molecular formula is C15H15N5O3. The van der Waals surface area contributed by atoms with Gasteiger partial charge in [-0.05, 0) is 24.1 Å². The van der Waals surface area contributed by atoms with Crippen molar-refractivity contribution in [3.05, 3.63) is 46.1 Å². The molecule has 0 bridgehead atoms. The van der Waals surface area contributed by atoms with Gasteiger partial charge in [0.05, 0.1) is 11.5 Å². The number of hydrogen-bond donors (Lipinski definition) is 3. The summed E-state index contributed by atoms with van der Waals surface area (Å²) in [6.07, 6.45) is 6.84. The molecule has 1 heterocycles. The van der Waals surface area contributed by atoms with Gasteiger partial charge in [-0.25, -0.2) is 4.98 Å². The van der Waals surface area contributed by atoms with Crippen molar-refractivity contribution in [1.29, 1.82) is 0 Å². The molecule has 8 heteroatoms. The first-order valence-corrected chi connectivity index (χ1v) is 6.79. The highest BCUT2D eigenvalue weighted by Gasteiger charge is 2.16. The van der Waals surface area contributed by atoms with Crippen molar-refractivity contribution in [2.75, 3.05) is 23.8 Å². The summed E-state index contributed by atoms with van der Waals surface area (Å²) in [5, 5.41) is 25.5. The average Bonchev–Trinajstić information content (AvgIpc) is 2.55. The van der Waals surface area contributed by atoms with Gasteiger partial charge in [0.25, 0.3) is 0 Å². The van der Waals surface area contributed by atoms with E-state index in [4.69, 9.17) is 11.5 Å². The zero-order chi connectivity index (χ0) is 16.7. The first-order chi connectivity index (χ1) is 11.1. The van der Waals surface area contributed by atoms with Crippen molar-refractivity contribution in [3.8, 4) is 12.3 Å². The van der Waals surface area contributed by atoms with Crippen LogP contribution in [0.2, 0.25) is 0 Å². The normalized spacial score (nSPS) is 9.91. The van der Waals surface area contributed by atoms with Crippen LogP contribution in [0.15, 0.2) is 30.5 Å². The lowest BCUT2D eigenvalue weighted by atomic mass is 10.1. The Morgan fingerprint density at radius 3 is 2.70 bits per heavy atom. The molecular weight excluding hydrogens is 298 g/mol. The molecule has 0 spiro atoms. The smallest absolute Gasteiger partial charge is 0.329 e. The van der Waals surface area contributed by atoms with Gasteiger partial charge in [0.15, 0.2) is 0 Å². The average molecular weight is 313 g/mol. The number of rotatable bonds is 7. The van der Waals surface area contributed by atoms with Crippen molar-refractivity contribution < 1.29 is 10.0 Å². The first kappa shape index (κ1) is 16.2. The molecule has 1 aromatic carbocycles. The number of nitro groups is 1. The van der Waals surface area contributed by atoms with E-state index < -0.39 is 4.92 Å². The molecule has 0 amide bonds. The van der Waals surface area contributed by atoms with Crippen LogP contribution in [0.5, 0.6) is 0 Å². The maximum atomic E-state index is 10.9. The second-order valence-corrected chi connectivity index (χ2v) is 4.54. The fourth-order valence-electron chi connectivity index (χ4n) is 1.85. The number of aliphatic hydroxyl groups excluding tert-OH is 1. The highest BCUT2D eigenvalue weighted by atomic mass is 16.6. The highest BCUT2D eigenvalue weighted by Crippen LogP contribution is 2.23. The number of anilines is 3. The summed E-state index contributed by atoms with van der Waals surface area (Å²) in [6, 6.07) is 7.34. The molecule has 0 radical (unpaired) electrons. The summed E-state index contributed by atoms with van der Waals surface area (Å²) >= 11 is 0. The summed E-state index contributed by atoms with van der Waals surface area (Å²) in [5.41, 5.74) is 1.48. The molecule has 3 N–H and O–H groups in total. The Balaban J connectivity index is 2.19. The van der Waals surface area contributed by atoms with Gasteiger partial charge in [0.1, 0.15) is 6.20 Å². The van der Waals surface area contributed by atoms with Crippen LogP contribution in [0, 0.1) is 22.5 Å². The number of terminal acetylenes is 1. The third-order valence-corrected chi connectivity index (χ3v) is 2.93. The Morgan fingerprint density at radius 1 is 1.35 bits per heavy atom. The number of hydrogen-bond acceptors (Lipinski definition) is 7. The molecule has 118 valence electrons. The van der Waals surface area contributed by atoms with Crippen LogP contribution < -0.4 is 10.6 Å². The largest absolute Gasteiger partial charge is 0.396 e. The summed E-state index contributed by atoms with van der Waals surface area (Å²) in [5.74, 6) is 2.61. The monoisotopic (exact) mass is 313 g/mol. The summed E-state index contributed by atoms with van der Waals surface area (Å²) < 4.78 is 0. The number of nitrogens with one attached hydrogen (secondary N) is 2. The van der Waals surface area contributed by atoms with Gasteiger partial charge in [-0.15, -0.1) is 6.42 Å². The van der Waals surface area contributed by atoms with E-state index in [0.29, 0.717) is 6.42 Å². The van der Waals surface area contributed by atoms with E-state index in [0.717, 1.165) is 17.4 Å². The molecule has 2 aromatic rings. The fraction of sp³-hybridized carbons (Fsp3) is 0.200. The zero-order valence-corrected chi connectivity index (χ0v) is 12.2. The molecule has 0 aliphatic heterocycles. The molecule has 0 saturated heterocycles. The van der Waals surface area contributed by atoms with Gasteiger partial charge < -0.3 is 15.7 Å². The van der Waals surface area contributed by atoms with Crippen LogP contribution in [0.3, 0.4) is 0 Å². The molecule has 0 aliphatic carbocycles. The molecule has 0 fully saturated rings. The van der Waals surface area contributed by atoms with E-state index in [9.17, 15) is 10.1 Å². The summed E-state index contributed by atoms with van der Waals surface area (Å²) in [7, 11) is 0. The minimum atomic E-state index is -0.577. The lowest BCUT2D eigenvalue weighted by molar-refractivity contribution is -0.384. The third-order valence-electron chi connectivity index (χ3n) is 2.93. The predicted molar refractivity (Wildman–Crippen MR) is 86.5 cm³/mol. The van der Waals surface area contributed by atoms with Crippen LogP contribution in [0.4, 0.5) is 23.1 Å². The van der Waals surface area contributed by atoms with Crippen LogP contribution >= 0.6 is 0 Å². The maximum absolute atomic E-state index is 10.9.